The second-order valence-electron chi connectivity index (χ2n) is 6.33. The molecular weight excluding hydrogens is 263 g/mol. The van der Waals surface area contributed by atoms with Gasteiger partial charge in [0.2, 0.25) is 0 Å². The van der Waals surface area contributed by atoms with Crippen LogP contribution in [0.15, 0.2) is 12.1 Å². The van der Waals surface area contributed by atoms with E-state index < -0.39 is 5.82 Å². The van der Waals surface area contributed by atoms with E-state index >= 15 is 0 Å². The Bertz CT molecular complexity index is 463. The van der Waals surface area contributed by atoms with Gasteiger partial charge in [0.25, 0.3) is 0 Å². The summed E-state index contributed by atoms with van der Waals surface area (Å²) in [6.07, 6.45) is 4.68. The van der Waals surface area contributed by atoms with Crippen molar-refractivity contribution in [3.05, 3.63) is 23.0 Å². The molecule has 0 heterocycles. The Morgan fingerprint density at radius 2 is 1.89 bits per heavy atom. The zero-order valence-electron chi connectivity index (χ0n) is 11.8. The first-order chi connectivity index (χ1) is 8.80. The summed E-state index contributed by atoms with van der Waals surface area (Å²) in [4.78, 5) is 2.15. The van der Waals surface area contributed by atoms with Crippen LogP contribution in [0, 0.1) is 11.2 Å². The average Bonchev–Trinajstić information content (AvgIpc) is 2.33. The van der Waals surface area contributed by atoms with Crippen molar-refractivity contribution in [2.24, 2.45) is 5.41 Å². The Hall–Kier alpha value is -0.960. The van der Waals surface area contributed by atoms with Crippen molar-refractivity contribution < 1.29 is 4.39 Å². The van der Waals surface area contributed by atoms with Crippen molar-refractivity contribution in [3.63, 3.8) is 0 Å². The van der Waals surface area contributed by atoms with Crippen molar-refractivity contribution >= 4 is 23.0 Å². The highest BCUT2D eigenvalue weighted by molar-refractivity contribution is 6.31. The number of halogens is 2. The molecule has 1 fully saturated rings. The number of hydrogen-bond donors (Lipinski definition) is 1. The topological polar surface area (TPSA) is 29.3 Å². The van der Waals surface area contributed by atoms with Gasteiger partial charge in [-0.05, 0) is 37.2 Å². The molecule has 1 saturated carbocycles. The Labute approximate surface area is 119 Å². The van der Waals surface area contributed by atoms with E-state index in [4.69, 9.17) is 17.3 Å². The van der Waals surface area contributed by atoms with Crippen LogP contribution in [0.2, 0.25) is 5.02 Å². The summed E-state index contributed by atoms with van der Waals surface area (Å²) in [5.74, 6) is -0.457. The lowest BCUT2D eigenvalue weighted by atomic mass is 9.75. The van der Waals surface area contributed by atoms with E-state index in [1.165, 1.54) is 18.9 Å². The van der Waals surface area contributed by atoms with Gasteiger partial charge in [-0.3, -0.25) is 0 Å². The Balaban J connectivity index is 2.16. The van der Waals surface area contributed by atoms with Crippen LogP contribution in [0.3, 0.4) is 0 Å². The van der Waals surface area contributed by atoms with Gasteiger partial charge >= 0.3 is 0 Å². The highest BCUT2D eigenvalue weighted by Gasteiger charge is 2.29. The van der Waals surface area contributed by atoms with Gasteiger partial charge in [-0.15, -0.1) is 0 Å². The zero-order valence-corrected chi connectivity index (χ0v) is 12.6. The number of rotatable bonds is 2. The maximum Gasteiger partial charge on any atom is 0.143 e. The molecule has 19 heavy (non-hydrogen) atoms. The Morgan fingerprint density at radius 3 is 2.47 bits per heavy atom. The van der Waals surface area contributed by atoms with Crippen LogP contribution in [0.4, 0.5) is 15.8 Å². The molecule has 1 aliphatic rings. The summed E-state index contributed by atoms with van der Waals surface area (Å²) in [6.45, 7) is 4.62. The van der Waals surface area contributed by atoms with Crippen LogP contribution in [-0.4, -0.2) is 13.1 Å². The predicted octanol–water partition coefficient (Wildman–Crippen LogP) is 4.47. The van der Waals surface area contributed by atoms with Crippen LogP contribution >= 0.6 is 11.6 Å². The van der Waals surface area contributed by atoms with Gasteiger partial charge in [0.15, 0.2) is 0 Å². The van der Waals surface area contributed by atoms with E-state index in [1.54, 1.807) is 6.07 Å². The number of hydrogen-bond acceptors (Lipinski definition) is 2. The zero-order chi connectivity index (χ0) is 14.2. The molecule has 2 rings (SSSR count). The minimum atomic E-state index is -0.457. The molecule has 0 bridgehead atoms. The Morgan fingerprint density at radius 1 is 1.32 bits per heavy atom. The predicted molar refractivity (Wildman–Crippen MR) is 80.3 cm³/mol. The van der Waals surface area contributed by atoms with Gasteiger partial charge in [-0.25, -0.2) is 4.39 Å². The number of nitrogens with zero attached hydrogens (tertiary/aromatic N) is 1. The Kier molecular flexibility index (Phi) is 3.95. The SMILES string of the molecule is CN(c1cc(Cl)c(F)cc1N)C1CCC(C)(C)CC1. The number of anilines is 2. The maximum absolute atomic E-state index is 13.3. The van der Waals surface area contributed by atoms with Gasteiger partial charge in [0.05, 0.1) is 16.4 Å². The minimum Gasteiger partial charge on any atom is -0.397 e. The van der Waals surface area contributed by atoms with E-state index in [0.29, 0.717) is 17.1 Å². The summed E-state index contributed by atoms with van der Waals surface area (Å²) >= 11 is 5.86. The molecule has 2 N–H and O–H groups in total. The fourth-order valence-corrected chi connectivity index (χ4v) is 2.98. The highest BCUT2D eigenvalue weighted by atomic mass is 35.5. The number of nitrogens with two attached hydrogens (primary N) is 1. The normalized spacial score (nSPS) is 19.4. The summed E-state index contributed by atoms with van der Waals surface area (Å²) in [7, 11) is 2.02. The lowest BCUT2D eigenvalue weighted by Gasteiger charge is -2.40. The molecule has 2 nitrogen and oxygen atoms in total. The van der Waals surface area contributed by atoms with Gasteiger partial charge < -0.3 is 10.6 Å². The van der Waals surface area contributed by atoms with E-state index in [-0.39, 0.29) is 5.02 Å². The second kappa shape index (κ2) is 5.20. The molecule has 0 amide bonds. The maximum atomic E-state index is 13.3. The lowest BCUT2D eigenvalue weighted by Crippen LogP contribution is -2.37. The van der Waals surface area contributed by atoms with E-state index in [9.17, 15) is 4.39 Å². The van der Waals surface area contributed by atoms with Gasteiger partial charge in [0, 0.05) is 19.2 Å². The molecule has 1 aromatic carbocycles. The molecule has 0 spiro atoms. The molecule has 0 aliphatic heterocycles. The van der Waals surface area contributed by atoms with Crippen molar-refractivity contribution in [2.45, 2.75) is 45.6 Å². The largest absolute Gasteiger partial charge is 0.397 e. The van der Waals surface area contributed by atoms with Crippen molar-refractivity contribution in [2.75, 3.05) is 17.7 Å². The molecule has 106 valence electrons. The van der Waals surface area contributed by atoms with Crippen LogP contribution in [0.5, 0.6) is 0 Å². The molecule has 0 unspecified atom stereocenters. The number of nitrogen functional groups attached to an aromatic ring is 1. The van der Waals surface area contributed by atoms with E-state index in [0.717, 1.165) is 18.5 Å². The standard InChI is InChI=1S/C15H22ClFN2/c1-15(2)6-4-10(5-7-15)19(3)14-8-11(16)12(17)9-13(14)18/h8-10H,4-7,18H2,1-3H3. The third-order valence-electron chi connectivity index (χ3n) is 4.31. The molecule has 0 radical (unpaired) electrons. The molecule has 4 heteroatoms. The third kappa shape index (κ3) is 3.14. The monoisotopic (exact) mass is 284 g/mol. The second-order valence-corrected chi connectivity index (χ2v) is 6.74. The van der Waals surface area contributed by atoms with Gasteiger partial charge in [-0.2, -0.15) is 0 Å². The first-order valence-electron chi connectivity index (χ1n) is 6.77. The molecular formula is C15H22ClFN2. The first kappa shape index (κ1) is 14.4. The average molecular weight is 285 g/mol. The van der Waals surface area contributed by atoms with Crippen molar-refractivity contribution in [1.82, 2.24) is 0 Å². The highest BCUT2D eigenvalue weighted by Crippen LogP contribution is 2.39. The van der Waals surface area contributed by atoms with Crippen LogP contribution in [0.25, 0.3) is 0 Å². The summed E-state index contributed by atoms with van der Waals surface area (Å²) in [5, 5.41) is 0.132. The van der Waals surface area contributed by atoms with Crippen LogP contribution in [-0.2, 0) is 0 Å². The van der Waals surface area contributed by atoms with Crippen LogP contribution in [0.1, 0.15) is 39.5 Å². The molecule has 0 atom stereocenters. The third-order valence-corrected chi connectivity index (χ3v) is 4.60. The molecule has 0 saturated heterocycles. The van der Waals surface area contributed by atoms with E-state index in [1.807, 2.05) is 7.05 Å². The fraction of sp³-hybridized carbons (Fsp3) is 0.600. The van der Waals surface area contributed by atoms with Crippen molar-refractivity contribution in [3.8, 4) is 0 Å². The smallest absolute Gasteiger partial charge is 0.143 e. The van der Waals surface area contributed by atoms with Gasteiger partial charge in [0.1, 0.15) is 5.82 Å². The van der Waals surface area contributed by atoms with E-state index in [2.05, 4.69) is 18.7 Å². The molecule has 1 aliphatic carbocycles. The molecule has 0 aromatic heterocycles. The summed E-state index contributed by atoms with van der Waals surface area (Å²) in [6, 6.07) is 3.39. The first-order valence-corrected chi connectivity index (χ1v) is 7.15. The lowest BCUT2D eigenvalue weighted by molar-refractivity contribution is 0.222. The summed E-state index contributed by atoms with van der Waals surface area (Å²) in [5.41, 5.74) is 7.63. The van der Waals surface area contributed by atoms with Gasteiger partial charge in [-0.1, -0.05) is 25.4 Å². The minimum absolute atomic E-state index is 0.132. The molecule has 1 aromatic rings. The quantitative estimate of drug-likeness (QED) is 0.812. The van der Waals surface area contributed by atoms with Crippen LogP contribution < -0.4 is 10.6 Å². The fourth-order valence-electron chi connectivity index (χ4n) is 2.83. The number of benzene rings is 1. The summed E-state index contributed by atoms with van der Waals surface area (Å²) < 4.78 is 13.3. The van der Waals surface area contributed by atoms with Crippen molar-refractivity contribution in [1.29, 1.82) is 0 Å².